The molecule has 4 atom stereocenters. The Labute approximate surface area is 231 Å². The Bertz CT molecular complexity index is 1560. The number of amides is 1. The highest BCUT2D eigenvalue weighted by Gasteiger charge is 2.70. The van der Waals surface area contributed by atoms with E-state index in [0.29, 0.717) is 21.8 Å². The first kappa shape index (κ1) is 24.9. The van der Waals surface area contributed by atoms with Crippen molar-refractivity contribution in [2.75, 3.05) is 10.2 Å². The lowest BCUT2D eigenvalue weighted by atomic mass is 9.63. The summed E-state index contributed by atoms with van der Waals surface area (Å²) in [7, 11) is 0. The average molecular weight is 545 g/mol. The molecule has 3 aliphatic rings. The van der Waals surface area contributed by atoms with Crippen molar-refractivity contribution in [3.63, 3.8) is 0 Å². The van der Waals surface area contributed by atoms with Gasteiger partial charge in [-0.3, -0.25) is 14.4 Å². The molecule has 6 rings (SSSR count). The molecule has 0 bridgehead atoms. The predicted molar refractivity (Wildman–Crippen MR) is 151 cm³/mol. The van der Waals surface area contributed by atoms with E-state index < -0.39 is 28.8 Å². The van der Waals surface area contributed by atoms with E-state index >= 15 is 0 Å². The second kappa shape index (κ2) is 8.55. The lowest BCUT2D eigenvalue weighted by Gasteiger charge is -2.38. The maximum absolute atomic E-state index is 14.6. The van der Waals surface area contributed by atoms with E-state index in [0.717, 1.165) is 11.3 Å². The number of fused-ring (bicyclic) bond motifs is 6. The fraction of sp³-hybridized carbons (Fsp3) is 0.258. The molecule has 38 heavy (non-hydrogen) atoms. The normalized spacial score (nSPS) is 25.1. The molecule has 1 fully saturated rings. The Morgan fingerprint density at radius 3 is 2.42 bits per heavy atom. The summed E-state index contributed by atoms with van der Waals surface area (Å²) >= 11 is 12.9. The number of carbonyl (C=O) groups is 3. The molecule has 1 spiro atoms. The number of Topliss-reactive ketones (excluding diaryl/α,β-unsaturated/α-hetero) is 2. The van der Waals surface area contributed by atoms with Crippen LogP contribution in [0.15, 0.2) is 72.8 Å². The van der Waals surface area contributed by atoms with E-state index in [1.165, 1.54) is 0 Å². The molecule has 192 valence electrons. The van der Waals surface area contributed by atoms with Crippen molar-refractivity contribution < 1.29 is 14.4 Å². The van der Waals surface area contributed by atoms with Gasteiger partial charge in [0.05, 0.1) is 17.0 Å². The van der Waals surface area contributed by atoms with Gasteiger partial charge in [-0.05, 0) is 47.5 Å². The molecule has 0 radical (unpaired) electrons. The Kier molecular flexibility index (Phi) is 5.60. The zero-order valence-electron chi connectivity index (χ0n) is 21.2. The molecule has 7 heteroatoms. The number of nitrogens with one attached hydrogen (secondary N) is 1. The second-order valence-corrected chi connectivity index (χ2v) is 12.0. The van der Waals surface area contributed by atoms with Crippen LogP contribution in [0.4, 0.5) is 11.4 Å². The molecule has 0 aromatic heterocycles. The van der Waals surface area contributed by atoms with Gasteiger partial charge in [-0.1, -0.05) is 86.5 Å². The van der Waals surface area contributed by atoms with Crippen LogP contribution in [0.1, 0.15) is 42.3 Å². The monoisotopic (exact) mass is 544 g/mol. The molecule has 1 saturated heterocycles. The molecule has 3 aromatic carbocycles. The van der Waals surface area contributed by atoms with Crippen molar-refractivity contribution >= 4 is 58.1 Å². The third kappa shape index (κ3) is 3.35. The van der Waals surface area contributed by atoms with Crippen LogP contribution in [0, 0.1) is 11.3 Å². The SMILES string of the molecule is CC(C)(C)C(=O)[C@@H]1[C@H](C(=O)c2ccccc2Cl)[C@]2(C(=O)Nc3ccccc32)[C@@H]2C=Cc3cc(Cl)ccc3N12. The van der Waals surface area contributed by atoms with Crippen molar-refractivity contribution in [3.05, 3.63) is 99.5 Å². The Hall–Kier alpha value is -3.41. The van der Waals surface area contributed by atoms with E-state index in [1.54, 1.807) is 30.3 Å². The van der Waals surface area contributed by atoms with Crippen LogP contribution >= 0.6 is 23.2 Å². The molecular formula is C31H26Cl2N2O3. The second-order valence-electron chi connectivity index (χ2n) is 11.2. The minimum absolute atomic E-state index is 0.127. The zero-order valence-corrected chi connectivity index (χ0v) is 22.7. The molecular weight excluding hydrogens is 519 g/mol. The van der Waals surface area contributed by atoms with Crippen LogP contribution in [-0.4, -0.2) is 29.6 Å². The quantitative estimate of drug-likeness (QED) is 0.378. The Balaban J connectivity index is 1.70. The Morgan fingerprint density at radius 2 is 1.68 bits per heavy atom. The maximum Gasteiger partial charge on any atom is 0.238 e. The number of halogens is 2. The molecule has 0 aliphatic carbocycles. The number of hydrogen-bond acceptors (Lipinski definition) is 4. The lowest BCUT2D eigenvalue weighted by molar-refractivity contribution is -0.128. The highest BCUT2D eigenvalue weighted by atomic mass is 35.5. The number of rotatable bonds is 3. The van der Waals surface area contributed by atoms with Crippen LogP contribution in [-0.2, 0) is 15.0 Å². The number of para-hydroxylation sites is 1. The van der Waals surface area contributed by atoms with E-state index in [9.17, 15) is 14.4 Å². The topological polar surface area (TPSA) is 66.5 Å². The number of nitrogens with zero attached hydrogens (tertiary/aromatic N) is 1. The van der Waals surface area contributed by atoms with Gasteiger partial charge in [-0.15, -0.1) is 0 Å². The van der Waals surface area contributed by atoms with E-state index in [4.69, 9.17) is 23.2 Å². The minimum Gasteiger partial charge on any atom is -0.352 e. The molecule has 3 aromatic rings. The van der Waals surface area contributed by atoms with E-state index in [-0.39, 0.29) is 22.5 Å². The first-order chi connectivity index (χ1) is 18.1. The maximum atomic E-state index is 14.6. The van der Waals surface area contributed by atoms with Gasteiger partial charge in [0.15, 0.2) is 11.6 Å². The summed E-state index contributed by atoms with van der Waals surface area (Å²) in [6, 6.07) is 18.2. The van der Waals surface area contributed by atoms with Gasteiger partial charge in [0.2, 0.25) is 5.91 Å². The fourth-order valence-electron chi connectivity index (χ4n) is 6.42. The van der Waals surface area contributed by atoms with Crippen LogP contribution in [0.25, 0.3) is 6.08 Å². The van der Waals surface area contributed by atoms with Crippen molar-refractivity contribution in [1.82, 2.24) is 0 Å². The van der Waals surface area contributed by atoms with Crippen molar-refractivity contribution in [1.29, 1.82) is 0 Å². The summed E-state index contributed by atoms with van der Waals surface area (Å²) in [6.07, 6.45) is 3.86. The minimum atomic E-state index is -1.35. The molecule has 1 N–H and O–H groups in total. The summed E-state index contributed by atoms with van der Waals surface area (Å²) in [5.41, 5.74) is 1.09. The van der Waals surface area contributed by atoms with Crippen molar-refractivity contribution in [3.8, 4) is 0 Å². The number of anilines is 2. The zero-order chi connectivity index (χ0) is 27.0. The third-order valence-electron chi connectivity index (χ3n) is 8.02. The van der Waals surface area contributed by atoms with Crippen LogP contribution in [0.3, 0.4) is 0 Å². The number of hydrogen-bond donors (Lipinski definition) is 1. The lowest BCUT2D eigenvalue weighted by Crippen LogP contribution is -2.51. The highest BCUT2D eigenvalue weighted by Crippen LogP contribution is 2.58. The Morgan fingerprint density at radius 1 is 0.974 bits per heavy atom. The fourth-order valence-corrected chi connectivity index (χ4v) is 6.83. The molecule has 3 aliphatic heterocycles. The number of benzene rings is 3. The van der Waals surface area contributed by atoms with Crippen LogP contribution < -0.4 is 10.2 Å². The summed E-state index contributed by atoms with van der Waals surface area (Å²) in [6.45, 7) is 5.53. The standard InChI is InChI=1S/C31H26Cl2N2O3/c1-30(2,3)28(37)26-25(27(36)19-8-4-6-10-21(19)33)31(20-9-5-7-11-22(20)34-29(31)38)24-15-12-17-16-18(32)13-14-23(17)35(24)26/h4-16,24-26H,1-3H3,(H,34,38)/t24-,25+,26-,31+/m0/s1. The molecule has 3 heterocycles. The number of ketones is 2. The number of carbonyl (C=O) groups excluding carboxylic acids is 3. The van der Waals surface area contributed by atoms with Gasteiger partial charge in [0, 0.05) is 27.4 Å². The molecule has 0 unspecified atom stereocenters. The van der Waals surface area contributed by atoms with Crippen molar-refractivity contribution in [2.24, 2.45) is 11.3 Å². The molecule has 0 saturated carbocycles. The van der Waals surface area contributed by atoms with Gasteiger partial charge < -0.3 is 10.2 Å². The van der Waals surface area contributed by atoms with E-state index in [1.807, 2.05) is 74.2 Å². The summed E-state index contributed by atoms with van der Waals surface area (Å²) in [4.78, 5) is 45.2. The first-order valence-electron chi connectivity index (χ1n) is 12.6. The summed E-state index contributed by atoms with van der Waals surface area (Å²) in [5, 5.41) is 3.88. The molecule has 1 amide bonds. The smallest absolute Gasteiger partial charge is 0.238 e. The van der Waals surface area contributed by atoms with Gasteiger partial charge in [0.25, 0.3) is 0 Å². The van der Waals surface area contributed by atoms with Crippen LogP contribution in [0.2, 0.25) is 10.0 Å². The van der Waals surface area contributed by atoms with Gasteiger partial charge in [0.1, 0.15) is 11.5 Å². The van der Waals surface area contributed by atoms with Crippen LogP contribution in [0.5, 0.6) is 0 Å². The first-order valence-corrected chi connectivity index (χ1v) is 13.3. The third-order valence-corrected chi connectivity index (χ3v) is 8.59. The average Bonchev–Trinajstić information content (AvgIpc) is 3.35. The largest absolute Gasteiger partial charge is 0.352 e. The predicted octanol–water partition coefficient (Wildman–Crippen LogP) is 6.58. The van der Waals surface area contributed by atoms with Gasteiger partial charge >= 0.3 is 0 Å². The van der Waals surface area contributed by atoms with Gasteiger partial charge in [-0.25, -0.2) is 0 Å². The summed E-state index contributed by atoms with van der Waals surface area (Å²) < 4.78 is 0. The van der Waals surface area contributed by atoms with Crippen molar-refractivity contribution in [2.45, 2.75) is 38.3 Å². The molecule has 5 nitrogen and oxygen atoms in total. The van der Waals surface area contributed by atoms with Gasteiger partial charge in [-0.2, -0.15) is 0 Å². The summed E-state index contributed by atoms with van der Waals surface area (Å²) in [5.74, 6) is -1.79. The highest BCUT2D eigenvalue weighted by molar-refractivity contribution is 6.34. The van der Waals surface area contributed by atoms with E-state index in [2.05, 4.69) is 5.32 Å².